The number of nitrogens with two attached hydrogens (primary N) is 1. The maximum absolute atomic E-state index is 12.0. The normalized spacial score (nSPS) is 25.1. The van der Waals surface area contributed by atoms with Gasteiger partial charge in [0.05, 0.1) is 6.04 Å². The van der Waals surface area contributed by atoms with Crippen molar-refractivity contribution in [1.29, 1.82) is 0 Å². The predicted molar refractivity (Wildman–Crippen MR) is 87.8 cm³/mol. The molecule has 1 aromatic heterocycles. The number of hydrogen-bond acceptors (Lipinski definition) is 9. The van der Waals surface area contributed by atoms with Gasteiger partial charge in [-0.2, -0.15) is 4.98 Å². The first kappa shape index (κ1) is 16.5. The topological polar surface area (TPSA) is 154 Å². The summed E-state index contributed by atoms with van der Waals surface area (Å²) in [5.74, 6) is -0.0200. The Morgan fingerprint density at radius 1 is 1.50 bits per heavy atom. The molecule has 0 saturated carbocycles. The molecule has 1 fully saturated rings. The number of aliphatic hydroxyl groups excluding tert-OH is 1. The number of aliphatic hydroxyl groups is 1. The van der Waals surface area contributed by atoms with Gasteiger partial charge in [0.15, 0.2) is 5.82 Å². The molecule has 2 aliphatic heterocycles. The molecule has 10 nitrogen and oxygen atoms in total. The highest BCUT2D eigenvalue weighted by molar-refractivity contribution is 5.76. The van der Waals surface area contributed by atoms with Gasteiger partial charge in [0.2, 0.25) is 5.95 Å². The van der Waals surface area contributed by atoms with Crippen LogP contribution in [0.2, 0.25) is 0 Å². The number of rotatable bonds is 4. The van der Waals surface area contributed by atoms with Crippen molar-refractivity contribution in [3.05, 3.63) is 10.4 Å². The van der Waals surface area contributed by atoms with Gasteiger partial charge in [-0.05, 0) is 26.3 Å². The zero-order valence-corrected chi connectivity index (χ0v) is 13.3. The number of nitrogen functional groups attached to an aromatic ring is 1. The lowest BCUT2D eigenvalue weighted by Crippen LogP contribution is -2.50. The molecule has 1 aromatic rings. The van der Waals surface area contributed by atoms with E-state index in [-0.39, 0.29) is 23.6 Å². The molecule has 0 aromatic carbocycles. The molecule has 10 heteroatoms. The number of anilines is 3. The van der Waals surface area contributed by atoms with Crippen molar-refractivity contribution in [3.8, 4) is 0 Å². The van der Waals surface area contributed by atoms with Gasteiger partial charge in [0.1, 0.15) is 23.9 Å². The Bertz CT molecular complexity index is 672. The standard InChI is InChI=1S/C14H22N6O4/c1-6(24-13(23)7-3-2-4-16-7)10(21)8-5-17-11-9(18-8)12(22)20-14(15)19-11/h6-8,10,16,18,21H,2-5H2,1H3,(H4,15,17,19,20,22)/t6-,7-,8+,10-/m0/s1. The van der Waals surface area contributed by atoms with Crippen molar-refractivity contribution in [3.63, 3.8) is 0 Å². The molecule has 4 atom stereocenters. The fraction of sp³-hybridized carbons (Fsp3) is 0.643. The fourth-order valence-electron chi connectivity index (χ4n) is 2.95. The number of nitrogens with zero attached hydrogens (tertiary/aromatic N) is 1. The molecule has 0 unspecified atom stereocenters. The van der Waals surface area contributed by atoms with Gasteiger partial charge in [-0.25, -0.2) is 0 Å². The van der Waals surface area contributed by atoms with Crippen LogP contribution in [0.25, 0.3) is 0 Å². The van der Waals surface area contributed by atoms with Crippen LogP contribution in [0.1, 0.15) is 19.8 Å². The Morgan fingerprint density at radius 2 is 2.29 bits per heavy atom. The van der Waals surface area contributed by atoms with Gasteiger partial charge in [-0.1, -0.05) is 0 Å². The third kappa shape index (κ3) is 3.29. The van der Waals surface area contributed by atoms with Crippen LogP contribution in [0.15, 0.2) is 4.79 Å². The van der Waals surface area contributed by atoms with Crippen LogP contribution < -0.4 is 27.2 Å². The van der Waals surface area contributed by atoms with E-state index in [1.54, 1.807) is 6.92 Å². The number of carbonyl (C=O) groups excluding carboxylic acids is 1. The molecule has 24 heavy (non-hydrogen) atoms. The molecule has 3 heterocycles. The number of H-pyrrole nitrogens is 1. The number of esters is 1. The van der Waals surface area contributed by atoms with E-state index in [2.05, 4.69) is 25.9 Å². The molecule has 7 N–H and O–H groups in total. The highest BCUT2D eigenvalue weighted by Crippen LogP contribution is 2.22. The fourth-order valence-corrected chi connectivity index (χ4v) is 2.95. The van der Waals surface area contributed by atoms with E-state index < -0.39 is 23.8 Å². The van der Waals surface area contributed by atoms with E-state index in [1.165, 1.54) is 0 Å². The van der Waals surface area contributed by atoms with Crippen molar-refractivity contribution in [2.24, 2.45) is 0 Å². The van der Waals surface area contributed by atoms with Crippen LogP contribution in [0.4, 0.5) is 17.5 Å². The first-order valence-electron chi connectivity index (χ1n) is 7.98. The summed E-state index contributed by atoms with van der Waals surface area (Å²) in [5.41, 5.74) is 5.27. The average molecular weight is 338 g/mol. The predicted octanol–water partition coefficient (Wildman–Crippen LogP) is -1.40. The Kier molecular flexibility index (Phi) is 4.58. The van der Waals surface area contributed by atoms with Crippen molar-refractivity contribution in [1.82, 2.24) is 15.3 Å². The smallest absolute Gasteiger partial charge is 0.323 e. The Balaban J connectivity index is 1.63. The number of fused-ring (bicyclic) bond motifs is 1. The summed E-state index contributed by atoms with van der Waals surface area (Å²) in [6, 6.07) is -0.823. The van der Waals surface area contributed by atoms with Crippen LogP contribution in [-0.4, -0.2) is 58.4 Å². The van der Waals surface area contributed by atoms with E-state index in [1.807, 2.05) is 0 Å². The number of carbonyl (C=O) groups is 1. The lowest BCUT2D eigenvalue weighted by atomic mass is 10.0. The summed E-state index contributed by atoms with van der Waals surface area (Å²) in [6.45, 7) is 2.73. The average Bonchev–Trinajstić information content (AvgIpc) is 3.08. The Morgan fingerprint density at radius 3 is 3.00 bits per heavy atom. The maximum atomic E-state index is 12.0. The Hall–Kier alpha value is -2.33. The molecular weight excluding hydrogens is 316 g/mol. The minimum Gasteiger partial charge on any atom is -0.459 e. The summed E-state index contributed by atoms with van der Waals surface area (Å²) in [5, 5.41) is 19.4. The zero-order valence-electron chi connectivity index (χ0n) is 13.3. The van der Waals surface area contributed by atoms with Gasteiger partial charge < -0.3 is 31.5 Å². The van der Waals surface area contributed by atoms with Crippen molar-refractivity contribution in [2.45, 2.75) is 44.1 Å². The molecule has 0 amide bonds. The monoisotopic (exact) mass is 338 g/mol. The molecule has 3 rings (SSSR count). The highest BCUT2D eigenvalue weighted by Gasteiger charge is 2.33. The van der Waals surface area contributed by atoms with Crippen molar-refractivity contribution in [2.75, 3.05) is 29.5 Å². The summed E-state index contributed by atoms with van der Waals surface area (Å²) in [4.78, 5) is 30.3. The van der Waals surface area contributed by atoms with Crippen LogP contribution in [-0.2, 0) is 9.53 Å². The van der Waals surface area contributed by atoms with Gasteiger partial charge in [-0.15, -0.1) is 0 Å². The van der Waals surface area contributed by atoms with Crippen molar-refractivity contribution >= 4 is 23.4 Å². The SMILES string of the molecule is C[C@H](OC(=O)[C@@H]1CCCN1)[C@H](O)[C@H]1CNc2nc(N)[nH]c(=O)c2N1. The quantitative estimate of drug-likeness (QED) is 0.364. The molecule has 0 bridgehead atoms. The number of nitrogens with one attached hydrogen (secondary N) is 4. The minimum atomic E-state index is -0.993. The zero-order chi connectivity index (χ0) is 17.3. The van der Waals surface area contributed by atoms with E-state index in [4.69, 9.17) is 10.5 Å². The number of ether oxygens (including phenoxy) is 1. The second-order valence-corrected chi connectivity index (χ2v) is 6.09. The molecule has 0 aliphatic carbocycles. The van der Waals surface area contributed by atoms with Gasteiger partial charge >= 0.3 is 5.97 Å². The van der Waals surface area contributed by atoms with Crippen LogP contribution in [0.5, 0.6) is 0 Å². The van der Waals surface area contributed by atoms with Gasteiger partial charge in [0.25, 0.3) is 5.56 Å². The molecule has 2 aliphatic rings. The highest BCUT2D eigenvalue weighted by atomic mass is 16.6. The Labute approximate surface area is 138 Å². The largest absolute Gasteiger partial charge is 0.459 e. The van der Waals surface area contributed by atoms with Gasteiger partial charge in [-0.3, -0.25) is 14.6 Å². The molecule has 0 spiro atoms. The van der Waals surface area contributed by atoms with Crippen LogP contribution in [0, 0.1) is 0 Å². The molecule has 132 valence electrons. The first-order valence-corrected chi connectivity index (χ1v) is 7.98. The first-order chi connectivity index (χ1) is 11.5. The molecule has 1 saturated heterocycles. The third-order valence-electron chi connectivity index (χ3n) is 4.30. The minimum absolute atomic E-state index is 0.0124. The lowest BCUT2D eigenvalue weighted by Gasteiger charge is -2.33. The van der Waals surface area contributed by atoms with E-state index in [0.717, 1.165) is 19.4 Å². The van der Waals surface area contributed by atoms with E-state index in [9.17, 15) is 14.7 Å². The second kappa shape index (κ2) is 6.65. The van der Waals surface area contributed by atoms with Crippen LogP contribution in [0.3, 0.4) is 0 Å². The number of aromatic amines is 1. The second-order valence-electron chi connectivity index (χ2n) is 6.09. The van der Waals surface area contributed by atoms with Gasteiger partial charge in [0, 0.05) is 6.54 Å². The van der Waals surface area contributed by atoms with E-state index >= 15 is 0 Å². The number of hydrogen-bond donors (Lipinski definition) is 6. The summed E-state index contributed by atoms with van der Waals surface area (Å²) in [7, 11) is 0. The summed E-state index contributed by atoms with van der Waals surface area (Å²) >= 11 is 0. The lowest BCUT2D eigenvalue weighted by molar-refractivity contribution is -0.156. The molecule has 0 radical (unpaired) electrons. The molecular formula is C14H22N6O4. The van der Waals surface area contributed by atoms with E-state index in [0.29, 0.717) is 12.4 Å². The third-order valence-corrected chi connectivity index (χ3v) is 4.30. The summed E-state index contributed by atoms with van der Waals surface area (Å²) in [6.07, 6.45) is -0.0455. The summed E-state index contributed by atoms with van der Waals surface area (Å²) < 4.78 is 5.35. The maximum Gasteiger partial charge on any atom is 0.323 e. The number of aromatic nitrogens is 2. The van der Waals surface area contributed by atoms with Crippen molar-refractivity contribution < 1.29 is 14.6 Å². The van der Waals surface area contributed by atoms with Crippen LogP contribution >= 0.6 is 0 Å².